The molecular formula is C14H22NO4+. The second-order valence-corrected chi connectivity index (χ2v) is 4.03. The number of carbonyl (C=O) groups is 1. The minimum Gasteiger partial charge on any atom is -0.493 e. The van der Waals surface area contributed by atoms with Crippen LogP contribution in [0, 0.1) is 0 Å². The normalized spacial score (nSPS) is 10.1. The third kappa shape index (κ3) is 5.18. The Morgan fingerprint density at radius 2 is 1.95 bits per heavy atom. The van der Waals surface area contributed by atoms with Gasteiger partial charge in [-0.3, -0.25) is 4.79 Å². The van der Waals surface area contributed by atoms with Crippen LogP contribution in [0.5, 0.6) is 11.5 Å². The predicted molar refractivity (Wildman–Crippen MR) is 71.3 cm³/mol. The standard InChI is InChI=1S/C14H21NO4/c1-4-19-14(16)7-8-15-10-11-5-6-12(17-2)13(9-11)18-3/h5-6,9,15H,4,7-8,10H2,1-3H3/p+1. The zero-order valence-corrected chi connectivity index (χ0v) is 11.8. The highest BCUT2D eigenvalue weighted by atomic mass is 16.5. The minimum atomic E-state index is -0.147. The summed E-state index contributed by atoms with van der Waals surface area (Å²) in [6, 6.07) is 5.81. The van der Waals surface area contributed by atoms with Crippen LogP contribution >= 0.6 is 0 Å². The lowest BCUT2D eigenvalue weighted by Crippen LogP contribution is -2.82. The van der Waals surface area contributed by atoms with Gasteiger partial charge in [-0.1, -0.05) is 0 Å². The van der Waals surface area contributed by atoms with Crippen molar-refractivity contribution in [2.24, 2.45) is 0 Å². The number of ether oxygens (including phenoxy) is 3. The van der Waals surface area contributed by atoms with Gasteiger partial charge in [-0.2, -0.15) is 0 Å². The summed E-state index contributed by atoms with van der Waals surface area (Å²) in [7, 11) is 3.23. The van der Waals surface area contributed by atoms with E-state index >= 15 is 0 Å². The molecule has 0 fully saturated rings. The fourth-order valence-electron chi connectivity index (χ4n) is 1.73. The van der Waals surface area contributed by atoms with Crippen molar-refractivity contribution < 1.29 is 24.3 Å². The van der Waals surface area contributed by atoms with E-state index < -0.39 is 0 Å². The molecule has 0 aliphatic rings. The third-order valence-corrected chi connectivity index (χ3v) is 2.69. The summed E-state index contributed by atoms with van der Waals surface area (Å²) in [6.07, 6.45) is 0.432. The number of hydrogen-bond acceptors (Lipinski definition) is 4. The van der Waals surface area contributed by atoms with Crippen molar-refractivity contribution in [2.75, 3.05) is 27.4 Å². The van der Waals surface area contributed by atoms with Crippen molar-refractivity contribution in [3.8, 4) is 11.5 Å². The molecule has 1 aromatic rings. The first-order valence-corrected chi connectivity index (χ1v) is 6.39. The van der Waals surface area contributed by atoms with Gasteiger partial charge in [-0.15, -0.1) is 0 Å². The molecule has 2 N–H and O–H groups in total. The molecule has 0 spiro atoms. The van der Waals surface area contributed by atoms with Crippen molar-refractivity contribution in [3.05, 3.63) is 23.8 Å². The van der Waals surface area contributed by atoms with Gasteiger partial charge in [0.25, 0.3) is 0 Å². The molecule has 5 heteroatoms. The number of esters is 1. The number of nitrogens with two attached hydrogens (primary N) is 1. The quantitative estimate of drug-likeness (QED) is 0.557. The SMILES string of the molecule is CCOC(=O)CC[NH2+]Cc1ccc(OC)c(OC)c1. The summed E-state index contributed by atoms with van der Waals surface area (Å²) in [6.45, 7) is 3.76. The first-order chi connectivity index (χ1) is 9.21. The topological polar surface area (TPSA) is 61.4 Å². The van der Waals surface area contributed by atoms with E-state index in [-0.39, 0.29) is 5.97 Å². The van der Waals surface area contributed by atoms with Crippen LogP contribution in [0.2, 0.25) is 0 Å². The molecule has 0 atom stereocenters. The van der Waals surface area contributed by atoms with Crippen LogP contribution in [0.1, 0.15) is 18.9 Å². The Labute approximate surface area is 113 Å². The number of hydrogen-bond donors (Lipinski definition) is 1. The fourth-order valence-corrected chi connectivity index (χ4v) is 1.73. The van der Waals surface area contributed by atoms with Crippen LogP contribution < -0.4 is 14.8 Å². The van der Waals surface area contributed by atoms with Crippen molar-refractivity contribution in [3.63, 3.8) is 0 Å². The molecule has 5 nitrogen and oxygen atoms in total. The summed E-state index contributed by atoms with van der Waals surface area (Å²) >= 11 is 0. The van der Waals surface area contributed by atoms with E-state index in [1.54, 1.807) is 14.2 Å². The molecule has 0 saturated heterocycles. The molecule has 106 valence electrons. The van der Waals surface area contributed by atoms with Crippen molar-refractivity contribution >= 4 is 5.97 Å². The Kier molecular flexibility index (Phi) is 6.74. The smallest absolute Gasteiger partial charge is 0.311 e. The van der Waals surface area contributed by atoms with Crippen LogP contribution in [-0.2, 0) is 16.1 Å². The molecule has 0 saturated carbocycles. The Balaban J connectivity index is 2.39. The van der Waals surface area contributed by atoms with Gasteiger partial charge in [0.1, 0.15) is 6.54 Å². The molecule has 0 bridgehead atoms. The number of quaternary nitrogens is 1. The monoisotopic (exact) mass is 268 g/mol. The van der Waals surface area contributed by atoms with Gasteiger partial charge in [0.05, 0.1) is 33.8 Å². The molecule has 0 aliphatic carbocycles. The van der Waals surface area contributed by atoms with E-state index in [1.165, 1.54) is 0 Å². The lowest BCUT2D eigenvalue weighted by molar-refractivity contribution is -0.669. The predicted octanol–water partition coefficient (Wildman–Crippen LogP) is 0.720. The van der Waals surface area contributed by atoms with Gasteiger partial charge < -0.3 is 19.5 Å². The lowest BCUT2D eigenvalue weighted by atomic mass is 10.2. The molecule has 1 aromatic carbocycles. The number of carbonyl (C=O) groups excluding carboxylic acids is 1. The van der Waals surface area contributed by atoms with E-state index in [2.05, 4.69) is 5.32 Å². The van der Waals surface area contributed by atoms with Crippen LogP contribution in [0.4, 0.5) is 0 Å². The average molecular weight is 268 g/mol. The zero-order chi connectivity index (χ0) is 14.1. The average Bonchev–Trinajstić information content (AvgIpc) is 2.43. The van der Waals surface area contributed by atoms with Crippen LogP contribution in [0.3, 0.4) is 0 Å². The fraction of sp³-hybridized carbons (Fsp3) is 0.500. The molecule has 0 heterocycles. The highest BCUT2D eigenvalue weighted by Gasteiger charge is 2.06. The lowest BCUT2D eigenvalue weighted by Gasteiger charge is -2.09. The molecule has 0 radical (unpaired) electrons. The summed E-state index contributed by atoms with van der Waals surface area (Å²) in [5, 5.41) is 2.07. The van der Waals surface area contributed by atoms with Crippen molar-refractivity contribution in [1.29, 1.82) is 0 Å². The zero-order valence-electron chi connectivity index (χ0n) is 11.8. The molecule has 1 rings (SSSR count). The summed E-state index contributed by atoms with van der Waals surface area (Å²) in [5.74, 6) is 1.29. The van der Waals surface area contributed by atoms with Crippen LogP contribution in [0.25, 0.3) is 0 Å². The molecule has 0 unspecified atom stereocenters. The summed E-state index contributed by atoms with van der Waals surface area (Å²) in [5.41, 5.74) is 1.13. The molecule has 0 amide bonds. The van der Waals surface area contributed by atoms with Gasteiger partial charge in [-0.05, 0) is 25.1 Å². The Bertz CT molecular complexity index is 406. The van der Waals surface area contributed by atoms with Crippen LogP contribution in [0.15, 0.2) is 18.2 Å². The molecule has 0 aliphatic heterocycles. The van der Waals surface area contributed by atoms with E-state index in [1.807, 2.05) is 25.1 Å². The Morgan fingerprint density at radius 3 is 2.58 bits per heavy atom. The van der Waals surface area contributed by atoms with E-state index in [4.69, 9.17) is 14.2 Å². The maximum Gasteiger partial charge on any atom is 0.311 e. The Morgan fingerprint density at radius 1 is 1.21 bits per heavy atom. The second-order valence-electron chi connectivity index (χ2n) is 4.03. The summed E-state index contributed by atoms with van der Waals surface area (Å²) in [4.78, 5) is 11.2. The van der Waals surface area contributed by atoms with Crippen LogP contribution in [-0.4, -0.2) is 33.3 Å². The minimum absolute atomic E-state index is 0.147. The Hall–Kier alpha value is -1.75. The van der Waals surface area contributed by atoms with Gasteiger partial charge in [0, 0.05) is 5.56 Å². The van der Waals surface area contributed by atoms with Gasteiger partial charge in [0.15, 0.2) is 11.5 Å². The second kappa shape index (κ2) is 8.37. The maximum absolute atomic E-state index is 11.2. The van der Waals surface area contributed by atoms with Crippen molar-refractivity contribution in [1.82, 2.24) is 0 Å². The molecule has 19 heavy (non-hydrogen) atoms. The summed E-state index contributed by atoms with van der Waals surface area (Å²) < 4.78 is 15.3. The number of methoxy groups -OCH3 is 2. The van der Waals surface area contributed by atoms with Gasteiger partial charge >= 0.3 is 5.97 Å². The first-order valence-electron chi connectivity index (χ1n) is 6.39. The van der Waals surface area contributed by atoms with E-state index in [0.29, 0.717) is 19.6 Å². The highest BCUT2D eigenvalue weighted by Crippen LogP contribution is 2.27. The van der Waals surface area contributed by atoms with E-state index in [9.17, 15) is 4.79 Å². The first kappa shape index (κ1) is 15.3. The third-order valence-electron chi connectivity index (χ3n) is 2.69. The van der Waals surface area contributed by atoms with Gasteiger partial charge in [0.2, 0.25) is 0 Å². The van der Waals surface area contributed by atoms with Gasteiger partial charge in [-0.25, -0.2) is 0 Å². The molecule has 0 aromatic heterocycles. The van der Waals surface area contributed by atoms with E-state index in [0.717, 1.165) is 23.6 Å². The number of benzene rings is 1. The molecular weight excluding hydrogens is 246 g/mol. The maximum atomic E-state index is 11.2. The highest BCUT2D eigenvalue weighted by molar-refractivity contribution is 5.69. The number of rotatable bonds is 8. The largest absolute Gasteiger partial charge is 0.493 e. The van der Waals surface area contributed by atoms with Crippen molar-refractivity contribution in [2.45, 2.75) is 19.9 Å².